The Morgan fingerprint density at radius 2 is 2.29 bits per heavy atom. The van der Waals surface area contributed by atoms with Gasteiger partial charge in [0, 0.05) is 29.0 Å². The lowest BCUT2D eigenvalue weighted by Crippen LogP contribution is -2.22. The fourth-order valence-electron chi connectivity index (χ4n) is 1.12. The van der Waals surface area contributed by atoms with Crippen LogP contribution < -0.4 is 5.56 Å². The van der Waals surface area contributed by atoms with Gasteiger partial charge in [-0.2, -0.15) is 0 Å². The molecule has 14 heavy (non-hydrogen) atoms. The maximum Gasteiger partial charge on any atom is 0.250 e. The monoisotopic (exact) mass is 307 g/mol. The largest absolute Gasteiger partial charge is 0.380 e. The third-order valence-corrected chi connectivity index (χ3v) is 3.08. The van der Waals surface area contributed by atoms with Gasteiger partial charge in [-0.05, 0) is 42.0 Å². The molecule has 0 bridgehead atoms. The summed E-state index contributed by atoms with van der Waals surface area (Å²) < 4.78 is 8.00. The van der Waals surface area contributed by atoms with Crippen molar-refractivity contribution in [1.29, 1.82) is 0 Å². The van der Waals surface area contributed by atoms with Crippen molar-refractivity contribution >= 4 is 22.6 Å². The third-order valence-electron chi connectivity index (χ3n) is 1.95. The summed E-state index contributed by atoms with van der Waals surface area (Å²) in [6.07, 6.45) is 1.87. The molecule has 0 fully saturated rings. The second kappa shape index (κ2) is 5.50. The molecule has 0 radical (unpaired) electrons. The summed E-state index contributed by atoms with van der Waals surface area (Å²) in [6, 6.07) is 1.66. The molecule has 0 aliphatic carbocycles. The van der Waals surface area contributed by atoms with Crippen LogP contribution >= 0.6 is 22.6 Å². The molecule has 1 heterocycles. The first-order valence-electron chi connectivity index (χ1n) is 4.59. The van der Waals surface area contributed by atoms with Crippen molar-refractivity contribution in [3.05, 3.63) is 31.8 Å². The van der Waals surface area contributed by atoms with Crippen molar-refractivity contribution in [2.45, 2.75) is 20.4 Å². The van der Waals surface area contributed by atoms with Gasteiger partial charge >= 0.3 is 0 Å². The van der Waals surface area contributed by atoms with Crippen molar-refractivity contribution in [3.8, 4) is 0 Å². The number of rotatable bonds is 4. The Labute approximate surface area is 97.2 Å². The molecule has 78 valence electrons. The predicted octanol–water partition coefficient (Wildman–Crippen LogP) is 1.80. The Balaban J connectivity index is 2.77. The van der Waals surface area contributed by atoms with E-state index >= 15 is 0 Å². The molecule has 0 aromatic carbocycles. The van der Waals surface area contributed by atoms with E-state index in [4.69, 9.17) is 4.74 Å². The number of aromatic nitrogens is 1. The zero-order valence-corrected chi connectivity index (χ0v) is 10.6. The highest BCUT2D eigenvalue weighted by atomic mass is 127. The number of nitrogens with zero attached hydrogens (tertiary/aromatic N) is 1. The maximum atomic E-state index is 11.5. The second-order valence-corrected chi connectivity index (χ2v) is 4.20. The van der Waals surface area contributed by atoms with Crippen molar-refractivity contribution in [2.24, 2.45) is 0 Å². The molecule has 0 saturated heterocycles. The van der Waals surface area contributed by atoms with Crippen molar-refractivity contribution in [3.63, 3.8) is 0 Å². The lowest BCUT2D eigenvalue weighted by atomic mass is 10.3. The van der Waals surface area contributed by atoms with Crippen LogP contribution in [0.3, 0.4) is 0 Å². The lowest BCUT2D eigenvalue weighted by Gasteiger charge is -2.07. The quantitative estimate of drug-likeness (QED) is 0.627. The van der Waals surface area contributed by atoms with Crippen LogP contribution in [-0.4, -0.2) is 17.8 Å². The van der Waals surface area contributed by atoms with Crippen LogP contribution in [0.2, 0.25) is 0 Å². The molecule has 4 heteroatoms. The SMILES string of the molecule is CCOCCn1cc(I)c(C)cc1=O. The van der Waals surface area contributed by atoms with E-state index in [0.717, 1.165) is 9.13 Å². The average Bonchev–Trinajstić information content (AvgIpc) is 2.14. The van der Waals surface area contributed by atoms with Crippen LogP contribution in [-0.2, 0) is 11.3 Å². The molecule has 0 atom stereocenters. The van der Waals surface area contributed by atoms with Gasteiger partial charge in [0.15, 0.2) is 0 Å². The molecule has 1 aromatic heterocycles. The van der Waals surface area contributed by atoms with E-state index in [2.05, 4.69) is 22.6 Å². The Hall–Kier alpha value is -0.360. The molecule has 0 N–H and O–H groups in total. The molecular formula is C10H14INO2. The molecule has 1 rings (SSSR count). The van der Waals surface area contributed by atoms with Crippen LogP contribution in [0.1, 0.15) is 12.5 Å². The highest BCUT2D eigenvalue weighted by Gasteiger charge is 2.00. The van der Waals surface area contributed by atoms with Crippen LogP contribution in [0.4, 0.5) is 0 Å². The first-order chi connectivity index (χ1) is 6.65. The molecule has 0 spiro atoms. The smallest absolute Gasteiger partial charge is 0.250 e. The van der Waals surface area contributed by atoms with Crippen molar-refractivity contribution in [1.82, 2.24) is 4.57 Å². The van der Waals surface area contributed by atoms with Gasteiger partial charge in [0.1, 0.15) is 0 Å². The van der Waals surface area contributed by atoms with Gasteiger partial charge < -0.3 is 9.30 Å². The highest BCUT2D eigenvalue weighted by Crippen LogP contribution is 2.06. The summed E-state index contributed by atoms with van der Waals surface area (Å²) in [4.78, 5) is 11.5. The third kappa shape index (κ3) is 3.09. The molecule has 0 unspecified atom stereocenters. The Bertz CT molecular complexity index is 360. The van der Waals surface area contributed by atoms with Gasteiger partial charge in [-0.3, -0.25) is 4.79 Å². The normalized spacial score (nSPS) is 10.5. The minimum absolute atomic E-state index is 0.0441. The summed E-state index contributed by atoms with van der Waals surface area (Å²) in [5, 5.41) is 0. The fourth-order valence-corrected chi connectivity index (χ4v) is 1.61. The molecule has 0 saturated carbocycles. The van der Waals surface area contributed by atoms with Crippen LogP contribution in [0.15, 0.2) is 17.1 Å². The lowest BCUT2D eigenvalue weighted by molar-refractivity contribution is 0.138. The summed E-state index contributed by atoms with van der Waals surface area (Å²) in [5.74, 6) is 0. The maximum absolute atomic E-state index is 11.5. The number of halogens is 1. The molecule has 0 amide bonds. The Morgan fingerprint density at radius 3 is 2.93 bits per heavy atom. The zero-order chi connectivity index (χ0) is 10.6. The topological polar surface area (TPSA) is 31.2 Å². The van der Waals surface area contributed by atoms with Gasteiger partial charge in [-0.25, -0.2) is 0 Å². The van der Waals surface area contributed by atoms with Gasteiger partial charge in [-0.15, -0.1) is 0 Å². The van der Waals surface area contributed by atoms with E-state index in [1.54, 1.807) is 10.6 Å². The Morgan fingerprint density at radius 1 is 1.57 bits per heavy atom. The molecule has 1 aromatic rings. The highest BCUT2D eigenvalue weighted by molar-refractivity contribution is 14.1. The van der Waals surface area contributed by atoms with Gasteiger partial charge in [0.2, 0.25) is 0 Å². The van der Waals surface area contributed by atoms with E-state index in [-0.39, 0.29) is 5.56 Å². The standard InChI is InChI=1S/C10H14INO2/c1-3-14-5-4-12-7-9(11)8(2)6-10(12)13/h6-7H,3-5H2,1-2H3. The van der Waals surface area contributed by atoms with Gasteiger partial charge in [0.25, 0.3) is 5.56 Å². The average molecular weight is 307 g/mol. The van der Waals surface area contributed by atoms with E-state index in [0.29, 0.717) is 19.8 Å². The van der Waals surface area contributed by atoms with E-state index < -0.39 is 0 Å². The number of ether oxygens (including phenoxy) is 1. The summed E-state index contributed by atoms with van der Waals surface area (Å²) in [7, 11) is 0. The van der Waals surface area contributed by atoms with E-state index in [1.807, 2.05) is 20.0 Å². The predicted molar refractivity (Wildman–Crippen MR) is 64.6 cm³/mol. The van der Waals surface area contributed by atoms with Gasteiger partial charge in [-0.1, -0.05) is 0 Å². The molecule has 3 nitrogen and oxygen atoms in total. The van der Waals surface area contributed by atoms with Crippen molar-refractivity contribution in [2.75, 3.05) is 13.2 Å². The van der Waals surface area contributed by atoms with Crippen LogP contribution in [0, 0.1) is 10.5 Å². The number of pyridine rings is 1. The van der Waals surface area contributed by atoms with E-state index in [9.17, 15) is 4.79 Å². The molecular weight excluding hydrogens is 293 g/mol. The summed E-state index contributed by atoms with van der Waals surface area (Å²) in [5.41, 5.74) is 1.07. The fraction of sp³-hybridized carbons (Fsp3) is 0.500. The summed E-state index contributed by atoms with van der Waals surface area (Å²) >= 11 is 2.23. The number of hydrogen-bond acceptors (Lipinski definition) is 2. The Kier molecular flexibility index (Phi) is 4.60. The van der Waals surface area contributed by atoms with Gasteiger partial charge in [0.05, 0.1) is 6.61 Å². The van der Waals surface area contributed by atoms with Crippen molar-refractivity contribution < 1.29 is 4.74 Å². The minimum Gasteiger partial charge on any atom is -0.380 e. The first kappa shape index (κ1) is 11.7. The summed E-state index contributed by atoms with van der Waals surface area (Å²) in [6.45, 7) is 5.80. The zero-order valence-electron chi connectivity index (χ0n) is 8.42. The van der Waals surface area contributed by atoms with E-state index in [1.165, 1.54) is 0 Å². The second-order valence-electron chi connectivity index (χ2n) is 3.03. The number of hydrogen-bond donors (Lipinski definition) is 0. The minimum atomic E-state index is 0.0441. The van der Waals surface area contributed by atoms with Crippen LogP contribution in [0.5, 0.6) is 0 Å². The number of aryl methyl sites for hydroxylation is 1. The first-order valence-corrected chi connectivity index (χ1v) is 5.67. The van der Waals surface area contributed by atoms with Crippen LogP contribution in [0.25, 0.3) is 0 Å². The molecule has 0 aliphatic heterocycles. The molecule has 0 aliphatic rings.